The van der Waals surface area contributed by atoms with Gasteiger partial charge in [-0.1, -0.05) is 0 Å². The number of nitrogens with zero attached hydrogens (tertiary/aromatic N) is 3. The summed E-state index contributed by atoms with van der Waals surface area (Å²) >= 11 is 0. The standard InChI is InChI=1S/C12H21N5O2S/c1-10(2)16-5-7-17(8-6-16)20(18,19)12-9-14-4-3-11(12)15-13/h3-4,9-10H,5-8,13H2,1-2H3,(H,14,15). The maximum absolute atomic E-state index is 12.6. The Bertz CT molecular complexity index is 553. The van der Waals surface area contributed by atoms with Gasteiger partial charge in [0.25, 0.3) is 0 Å². The van der Waals surface area contributed by atoms with Gasteiger partial charge in [-0.3, -0.25) is 15.7 Å². The minimum Gasteiger partial charge on any atom is -0.323 e. The second kappa shape index (κ2) is 6.04. The van der Waals surface area contributed by atoms with E-state index in [-0.39, 0.29) is 4.90 Å². The van der Waals surface area contributed by atoms with E-state index in [1.165, 1.54) is 16.7 Å². The second-order valence-electron chi connectivity index (χ2n) is 5.05. The molecule has 0 bridgehead atoms. The molecule has 1 aliphatic heterocycles. The molecule has 20 heavy (non-hydrogen) atoms. The Morgan fingerprint density at radius 2 is 1.95 bits per heavy atom. The van der Waals surface area contributed by atoms with Gasteiger partial charge in [0.15, 0.2) is 0 Å². The van der Waals surface area contributed by atoms with Crippen LogP contribution in [0.2, 0.25) is 0 Å². The summed E-state index contributed by atoms with van der Waals surface area (Å²) in [4.78, 5) is 6.27. The smallest absolute Gasteiger partial charge is 0.246 e. The first-order valence-electron chi connectivity index (χ1n) is 6.61. The van der Waals surface area contributed by atoms with E-state index in [4.69, 9.17) is 5.84 Å². The first-order valence-corrected chi connectivity index (χ1v) is 8.05. The Morgan fingerprint density at radius 1 is 1.30 bits per heavy atom. The van der Waals surface area contributed by atoms with Gasteiger partial charge >= 0.3 is 0 Å². The number of piperazine rings is 1. The largest absolute Gasteiger partial charge is 0.323 e. The summed E-state index contributed by atoms with van der Waals surface area (Å²) in [5.74, 6) is 5.37. The third-order valence-electron chi connectivity index (χ3n) is 3.56. The van der Waals surface area contributed by atoms with Gasteiger partial charge in [-0.2, -0.15) is 4.31 Å². The van der Waals surface area contributed by atoms with Crippen molar-refractivity contribution in [3.8, 4) is 0 Å². The number of anilines is 1. The lowest BCUT2D eigenvalue weighted by atomic mass is 10.3. The molecule has 2 rings (SSSR count). The Kier molecular flexibility index (Phi) is 4.59. The van der Waals surface area contributed by atoms with Crippen LogP contribution in [0.3, 0.4) is 0 Å². The van der Waals surface area contributed by atoms with Crippen LogP contribution in [0.15, 0.2) is 23.4 Å². The molecule has 1 saturated heterocycles. The van der Waals surface area contributed by atoms with E-state index in [1.807, 2.05) is 0 Å². The molecule has 3 N–H and O–H groups in total. The molecule has 8 heteroatoms. The summed E-state index contributed by atoms with van der Waals surface area (Å²) in [7, 11) is -3.55. The number of hydrazine groups is 1. The first-order chi connectivity index (χ1) is 9.46. The van der Waals surface area contributed by atoms with Gasteiger partial charge in [-0.15, -0.1) is 0 Å². The predicted molar refractivity (Wildman–Crippen MR) is 77.5 cm³/mol. The molecule has 1 aromatic rings. The molecule has 0 amide bonds. The average Bonchev–Trinajstić information content (AvgIpc) is 2.47. The van der Waals surface area contributed by atoms with Crippen LogP contribution in [-0.4, -0.2) is 54.8 Å². The second-order valence-corrected chi connectivity index (χ2v) is 6.96. The van der Waals surface area contributed by atoms with Crippen molar-refractivity contribution in [1.82, 2.24) is 14.2 Å². The van der Waals surface area contributed by atoms with E-state index < -0.39 is 10.0 Å². The Balaban J connectivity index is 2.20. The van der Waals surface area contributed by atoms with Gasteiger partial charge in [-0.25, -0.2) is 8.42 Å². The van der Waals surface area contributed by atoms with E-state index in [9.17, 15) is 8.42 Å². The van der Waals surface area contributed by atoms with Crippen molar-refractivity contribution in [3.63, 3.8) is 0 Å². The quantitative estimate of drug-likeness (QED) is 0.604. The summed E-state index contributed by atoms with van der Waals surface area (Å²) in [5.41, 5.74) is 2.78. The van der Waals surface area contributed by atoms with E-state index >= 15 is 0 Å². The number of nitrogens with one attached hydrogen (secondary N) is 1. The minimum absolute atomic E-state index is 0.125. The fourth-order valence-corrected chi connectivity index (χ4v) is 3.83. The highest BCUT2D eigenvalue weighted by Crippen LogP contribution is 2.23. The van der Waals surface area contributed by atoms with Crippen LogP contribution in [-0.2, 0) is 10.0 Å². The fraction of sp³-hybridized carbons (Fsp3) is 0.583. The lowest BCUT2D eigenvalue weighted by molar-refractivity contribution is 0.154. The highest BCUT2D eigenvalue weighted by atomic mass is 32.2. The highest BCUT2D eigenvalue weighted by Gasteiger charge is 2.30. The lowest BCUT2D eigenvalue weighted by Gasteiger charge is -2.36. The highest BCUT2D eigenvalue weighted by molar-refractivity contribution is 7.89. The van der Waals surface area contributed by atoms with Crippen molar-refractivity contribution in [2.24, 2.45) is 5.84 Å². The summed E-state index contributed by atoms with van der Waals surface area (Å²) in [6.45, 7) is 6.67. The molecular formula is C12H21N5O2S. The number of hydrogen-bond acceptors (Lipinski definition) is 6. The van der Waals surface area contributed by atoms with Crippen LogP contribution in [0.1, 0.15) is 13.8 Å². The summed E-state index contributed by atoms with van der Waals surface area (Å²) in [6, 6.07) is 1.98. The number of rotatable bonds is 4. The fourth-order valence-electron chi connectivity index (χ4n) is 2.30. The maximum Gasteiger partial charge on any atom is 0.246 e. The van der Waals surface area contributed by atoms with Crippen molar-refractivity contribution in [3.05, 3.63) is 18.5 Å². The summed E-state index contributed by atoms with van der Waals surface area (Å²) in [5, 5.41) is 0. The van der Waals surface area contributed by atoms with Gasteiger partial charge in [-0.05, 0) is 19.9 Å². The van der Waals surface area contributed by atoms with Crippen molar-refractivity contribution in [1.29, 1.82) is 0 Å². The molecule has 0 saturated carbocycles. The first kappa shape index (κ1) is 15.2. The van der Waals surface area contributed by atoms with Crippen LogP contribution in [0.4, 0.5) is 5.69 Å². The molecule has 1 fully saturated rings. The van der Waals surface area contributed by atoms with Crippen molar-refractivity contribution < 1.29 is 8.42 Å². The van der Waals surface area contributed by atoms with Gasteiger partial charge in [0.05, 0.1) is 5.69 Å². The van der Waals surface area contributed by atoms with E-state index in [0.717, 1.165) is 13.1 Å². The SMILES string of the molecule is CC(C)N1CCN(S(=O)(=O)c2cnccc2NN)CC1. The van der Waals surface area contributed by atoms with Gasteiger partial charge in [0.1, 0.15) is 4.90 Å². The Hall–Kier alpha value is -1.22. The van der Waals surface area contributed by atoms with E-state index in [1.54, 1.807) is 6.07 Å². The zero-order valence-electron chi connectivity index (χ0n) is 11.8. The van der Waals surface area contributed by atoms with Gasteiger partial charge in [0.2, 0.25) is 10.0 Å². The minimum atomic E-state index is -3.55. The third kappa shape index (κ3) is 2.93. The van der Waals surface area contributed by atoms with Gasteiger partial charge in [0, 0.05) is 44.6 Å². The zero-order valence-corrected chi connectivity index (χ0v) is 12.6. The molecule has 112 valence electrons. The van der Waals surface area contributed by atoms with Crippen LogP contribution in [0.25, 0.3) is 0 Å². The number of nitrogen functional groups attached to an aromatic ring is 1. The topological polar surface area (TPSA) is 91.6 Å². The molecule has 1 aromatic heterocycles. The lowest BCUT2D eigenvalue weighted by Crippen LogP contribution is -2.50. The molecule has 0 aliphatic carbocycles. The normalized spacial score (nSPS) is 18.4. The summed E-state index contributed by atoms with van der Waals surface area (Å²) < 4.78 is 26.7. The molecule has 0 aromatic carbocycles. The van der Waals surface area contributed by atoms with Crippen LogP contribution in [0, 0.1) is 0 Å². The molecule has 0 radical (unpaired) electrons. The number of pyridine rings is 1. The van der Waals surface area contributed by atoms with Crippen LogP contribution in [0.5, 0.6) is 0 Å². The maximum atomic E-state index is 12.6. The molecule has 1 aliphatic rings. The molecular weight excluding hydrogens is 278 g/mol. The molecule has 0 atom stereocenters. The van der Waals surface area contributed by atoms with Crippen molar-refractivity contribution >= 4 is 15.7 Å². The van der Waals surface area contributed by atoms with E-state index in [0.29, 0.717) is 24.8 Å². The number of hydrogen-bond donors (Lipinski definition) is 2. The van der Waals surface area contributed by atoms with E-state index in [2.05, 4.69) is 29.2 Å². The number of aromatic nitrogens is 1. The average molecular weight is 299 g/mol. The Morgan fingerprint density at radius 3 is 2.50 bits per heavy atom. The molecule has 0 unspecified atom stereocenters. The third-order valence-corrected chi connectivity index (χ3v) is 5.49. The summed E-state index contributed by atoms with van der Waals surface area (Å²) in [6.07, 6.45) is 2.84. The molecule has 7 nitrogen and oxygen atoms in total. The van der Waals surface area contributed by atoms with Crippen LogP contribution < -0.4 is 11.3 Å². The van der Waals surface area contributed by atoms with Crippen molar-refractivity contribution in [2.45, 2.75) is 24.8 Å². The van der Waals surface area contributed by atoms with Crippen molar-refractivity contribution in [2.75, 3.05) is 31.6 Å². The predicted octanol–water partition coefficient (Wildman–Crippen LogP) is 0.0819. The molecule has 2 heterocycles. The van der Waals surface area contributed by atoms with Crippen LogP contribution >= 0.6 is 0 Å². The Labute approximate surface area is 119 Å². The number of nitrogens with two attached hydrogens (primary N) is 1. The zero-order chi connectivity index (χ0) is 14.8. The molecule has 0 spiro atoms. The monoisotopic (exact) mass is 299 g/mol. The van der Waals surface area contributed by atoms with Gasteiger partial charge < -0.3 is 5.43 Å². The number of sulfonamides is 1.